The average molecular weight is 244 g/mol. The first-order valence-corrected chi connectivity index (χ1v) is 5.98. The Labute approximate surface area is 106 Å². The molecule has 0 unspecified atom stereocenters. The summed E-state index contributed by atoms with van der Waals surface area (Å²) in [7, 11) is 0. The average Bonchev–Trinajstić information content (AvgIpc) is 2.89. The van der Waals surface area contributed by atoms with Gasteiger partial charge in [-0.1, -0.05) is 18.2 Å². The summed E-state index contributed by atoms with van der Waals surface area (Å²) in [5, 5.41) is 6.88. The van der Waals surface area contributed by atoms with Gasteiger partial charge in [-0.25, -0.2) is 0 Å². The quantitative estimate of drug-likeness (QED) is 0.649. The highest BCUT2D eigenvalue weighted by molar-refractivity contribution is 5.65. The molecule has 2 rings (SSSR count). The van der Waals surface area contributed by atoms with Crippen LogP contribution in [0.15, 0.2) is 36.5 Å². The highest BCUT2D eigenvalue weighted by Crippen LogP contribution is 2.18. The predicted octanol–water partition coefficient (Wildman–Crippen LogP) is 2.57. The van der Waals surface area contributed by atoms with Crippen LogP contribution in [0, 0.1) is 0 Å². The maximum atomic E-state index is 10.6. The summed E-state index contributed by atoms with van der Waals surface area (Å²) < 4.78 is 4.91. The lowest BCUT2D eigenvalue weighted by Gasteiger charge is -2.04. The van der Waals surface area contributed by atoms with Gasteiger partial charge in [-0.3, -0.25) is 9.89 Å². The summed E-state index contributed by atoms with van der Waals surface area (Å²) in [6, 6.07) is 10.2. The molecule has 0 fully saturated rings. The molecule has 4 heteroatoms. The van der Waals surface area contributed by atoms with Gasteiger partial charge in [0.05, 0.1) is 12.3 Å². The number of carbonyl (C=O) groups excluding carboxylic acids is 1. The number of nitrogens with zero attached hydrogens (tertiary/aromatic N) is 1. The third kappa shape index (κ3) is 3.45. The van der Waals surface area contributed by atoms with Gasteiger partial charge in [0.25, 0.3) is 0 Å². The van der Waals surface area contributed by atoms with Crippen molar-refractivity contribution >= 4 is 5.97 Å². The third-order valence-corrected chi connectivity index (χ3v) is 2.65. The summed E-state index contributed by atoms with van der Waals surface area (Å²) in [5.41, 5.74) is 3.36. The van der Waals surface area contributed by atoms with E-state index in [0.29, 0.717) is 6.61 Å². The maximum Gasteiger partial charge on any atom is 0.302 e. The van der Waals surface area contributed by atoms with Crippen LogP contribution in [0.5, 0.6) is 0 Å². The van der Waals surface area contributed by atoms with E-state index in [-0.39, 0.29) is 5.97 Å². The standard InChI is InChI=1S/C14H16N2O2/c1-11(17)18-9-3-5-12-4-2-6-13(10-12)14-7-8-15-16-14/h2,4,6-8,10H,3,5,9H2,1H3,(H,15,16). The van der Waals surface area contributed by atoms with Gasteiger partial charge in [0.15, 0.2) is 0 Å². The summed E-state index contributed by atoms with van der Waals surface area (Å²) in [6.45, 7) is 1.91. The Hall–Kier alpha value is -2.10. The number of aromatic nitrogens is 2. The molecule has 0 spiro atoms. The summed E-state index contributed by atoms with van der Waals surface area (Å²) >= 11 is 0. The number of aromatic amines is 1. The summed E-state index contributed by atoms with van der Waals surface area (Å²) in [5.74, 6) is -0.221. The van der Waals surface area contributed by atoms with Crippen LogP contribution in [0.1, 0.15) is 18.9 Å². The largest absolute Gasteiger partial charge is 0.466 e. The number of rotatable bonds is 5. The van der Waals surface area contributed by atoms with Crippen molar-refractivity contribution in [1.82, 2.24) is 10.2 Å². The lowest BCUT2D eigenvalue weighted by atomic mass is 10.0. The minimum absolute atomic E-state index is 0.221. The van der Waals surface area contributed by atoms with Gasteiger partial charge >= 0.3 is 5.97 Å². The number of aryl methyl sites for hydroxylation is 1. The lowest BCUT2D eigenvalue weighted by molar-refractivity contribution is -0.141. The zero-order valence-corrected chi connectivity index (χ0v) is 10.3. The molecular formula is C14H16N2O2. The Morgan fingerprint density at radius 2 is 2.28 bits per heavy atom. The second-order valence-corrected chi connectivity index (χ2v) is 4.11. The number of esters is 1. The Balaban J connectivity index is 1.94. The van der Waals surface area contributed by atoms with Gasteiger partial charge in [-0.2, -0.15) is 5.10 Å². The van der Waals surface area contributed by atoms with Gasteiger partial charge in [0, 0.05) is 13.1 Å². The fourth-order valence-electron chi connectivity index (χ4n) is 1.80. The molecule has 0 aliphatic carbocycles. The molecule has 0 saturated carbocycles. The van der Waals surface area contributed by atoms with E-state index >= 15 is 0 Å². The molecule has 1 aromatic carbocycles. The van der Waals surface area contributed by atoms with Crippen molar-refractivity contribution in [3.05, 3.63) is 42.1 Å². The fourth-order valence-corrected chi connectivity index (χ4v) is 1.80. The number of carbonyl (C=O) groups is 1. The highest BCUT2D eigenvalue weighted by Gasteiger charge is 2.01. The van der Waals surface area contributed by atoms with E-state index in [9.17, 15) is 4.79 Å². The van der Waals surface area contributed by atoms with E-state index in [4.69, 9.17) is 4.74 Å². The summed E-state index contributed by atoms with van der Waals surface area (Å²) in [6.07, 6.45) is 3.48. The zero-order chi connectivity index (χ0) is 12.8. The molecule has 0 atom stereocenters. The minimum Gasteiger partial charge on any atom is -0.466 e. The first-order chi connectivity index (χ1) is 8.75. The van der Waals surface area contributed by atoms with Crippen molar-refractivity contribution < 1.29 is 9.53 Å². The first-order valence-electron chi connectivity index (χ1n) is 5.98. The van der Waals surface area contributed by atoms with Crippen LogP contribution in [0.2, 0.25) is 0 Å². The number of ether oxygens (including phenoxy) is 1. The number of hydrogen-bond acceptors (Lipinski definition) is 3. The van der Waals surface area contributed by atoms with Gasteiger partial charge in [-0.15, -0.1) is 0 Å². The van der Waals surface area contributed by atoms with Crippen molar-refractivity contribution in [3.8, 4) is 11.3 Å². The van der Waals surface area contributed by atoms with Crippen LogP contribution in [-0.2, 0) is 16.0 Å². The monoisotopic (exact) mass is 244 g/mol. The first kappa shape index (κ1) is 12.4. The molecule has 94 valence electrons. The lowest BCUT2D eigenvalue weighted by Crippen LogP contribution is -2.01. The normalized spacial score (nSPS) is 10.3. The predicted molar refractivity (Wildman–Crippen MR) is 69.0 cm³/mol. The Morgan fingerprint density at radius 1 is 1.39 bits per heavy atom. The van der Waals surface area contributed by atoms with Crippen molar-refractivity contribution in [3.63, 3.8) is 0 Å². The van der Waals surface area contributed by atoms with E-state index in [1.54, 1.807) is 6.20 Å². The van der Waals surface area contributed by atoms with Crippen LogP contribution in [-0.4, -0.2) is 22.8 Å². The van der Waals surface area contributed by atoms with Crippen molar-refractivity contribution in [2.24, 2.45) is 0 Å². The van der Waals surface area contributed by atoms with E-state index in [1.807, 2.05) is 18.2 Å². The van der Waals surface area contributed by atoms with Crippen LogP contribution >= 0.6 is 0 Å². The second kappa shape index (κ2) is 6.00. The molecule has 0 aliphatic rings. The van der Waals surface area contributed by atoms with Gasteiger partial charge < -0.3 is 4.74 Å². The SMILES string of the molecule is CC(=O)OCCCc1cccc(-c2ccn[nH]2)c1. The van der Waals surface area contributed by atoms with E-state index in [1.165, 1.54) is 12.5 Å². The van der Waals surface area contributed by atoms with E-state index in [0.717, 1.165) is 24.1 Å². The molecular weight excluding hydrogens is 228 g/mol. The summed E-state index contributed by atoms with van der Waals surface area (Å²) in [4.78, 5) is 10.6. The highest BCUT2D eigenvalue weighted by atomic mass is 16.5. The molecule has 2 aromatic rings. The van der Waals surface area contributed by atoms with Gasteiger partial charge in [0.1, 0.15) is 0 Å². The van der Waals surface area contributed by atoms with Crippen molar-refractivity contribution in [2.45, 2.75) is 19.8 Å². The van der Waals surface area contributed by atoms with Gasteiger partial charge in [-0.05, 0) is 36.1 Å². The van der Waals surface area contributed by atoms with Crippen LogP contribution in [0.3, 0.4) is 0 Å². The van der Waals surface area contributed by atoms with Crippen LogP contribution in [0.4, 0.5) is 0 Å². The minimum atomic E-state index is -0.221. The Kier molecular flexibility index (Phi) is 4.12. The van der Waals surface area contributed by atoms with Crippen molar-refractivity contribution in [1.29, 1.82) is 0 Å². The van der Waals surface area contributed by atoms with E-state index in [2.05, 4.69) is 22.3 Å². The molecule has 1 heterocycles. The molecule has 0 radical (unpaired) electrons. The number of H-pyrrole nitrogens is 1. The molecule has 1 N–H and O–H groups in total. The third-order valence-electron chi connectivity index (χ3n) is 2.65. The van der Waals surface area contributed by atoms with E-state index < -0.39 is 0 Å². The number of hydrogen-bond donors (Lipinski definition) is 1. The van der Waals surface area contributed by atoms with Gasteiger partial charge in [0.2, 0.25) is 0 Å². The second-order valence-electron chi connectivity index (χ2n) is 4.11. The molecule has 1 aromatic heterocycles. The maximum absolute atomic E-state index is 10.6. The molecule has 0 saturated heterocycles. The molecule has 0 amide bonds. The van der Waals surface area contributed by atoms with Crippen LogP contribution < -0.4 is 0 Å². The van der Waals surface area contributed by atoms with Crippen LogP contribution in [0.25, 0.3) is 11.3 Å². The molecule has 4 nitrogen and oxygen atoms in total. The molecule has 18 heavy (non-hydrogen) atoms. The smallest absolute Gasteiger partial charge is 0.302 e. The Morgan fingerprint density at radius 3 is 3.00 bits per heavy atom. The van der Waals surface area contributed by atoms with Crippen molar-refractivity contribution in [2.75, 3.05) is 6.61 Å². The zero-order valence-electron chi connectivity index (χ0n) is 10.3. The molecule has 0 bridgehead atoms. The number of benzene rings is 1. The topological polar surface area (TPSA) is 55.0 Å². The Bertz CT molecular complexity index is 506. The number of nitrogens with one attached hydrogen (secondary N) is 1. The molecule has 0 aliphatic heterocycles. The fraction of sp³-hybridized carbons (Fsp3) is 0.286.